The average molecular weight is 344 g/mol. The highest BCUT2D eigenvalue weighted by Crippen LogP contribution is 2.30. The SMILES string of the molecule is CCOc1ccc2nc(C)cc(Nc3cccc(OC)c3)c2c1.[Cl-]. The minimum atomic E-state index is 0. The molecule has 0 spiro atoms. The van der Waals surface area contributed by atoms with Gasteiger partial charge in [0.05, 0.1) is 19.2 Å². The second-order valence-electron chi connectivity index (χ2n) is 5.28. The number of fused-ring (bicyclic) bond motifs is 1. The van der Waals surface area contributed by atoms with E-state index in [1.807, 2.05) is 62.4 Å². The molecule has 3 rings (SSSR count). The van der Waals surface area contributed by atoms with Crippen LogP contribution in [0.5, 0.6) is 11.5 Å². The lowest BCUT2D eigenvalue weighted by atomic mass is 10.1. The zero-order valence-electron chi connectivity index (χ0n) is 14.0. The fourth-order valence-electron chi connectivity index (χ4n) is 2.55. The number of ether oxygens (including phenoxy) is 2. The first-order valence-corrected chi connectivity index (χ1v) is 7.65. The molecule has 1 N–H and O–H groups in total. The Kier molecular flexibility index (Phi) is 5.88. The fourth-order valence-corrected chi connectivity index (χ4v) is 2.55. The number of aryl methyl sites for hydroxylation is 1. The van der Waals surface area contributed by atoms with Crippen molar-refractivity contribution >= 4 is 22.3 Å². The number of hydrogen-bond donors (Lipinski definition) is 1. The topological polar surface area (TPSA) is 43.4 Å². The van der Waals surface area contributed by atoms with Gasteiger partial charge >= 0.3 is 0 Å². The van der Waals surface area contributed by atoms with Gasteiger partial charge in [-0.25, -0.2) is 0 Å². The van der Waals surface area contributed by atoms with E-state index in [1.165, 1.54) is 0 Å². The quantitative estimate of drug-likeness (QED) is 0.766. The van der Waals surface area contributed by atoms with E-state index in [0.717, 1.165) is 39.5 Å². The van der Waals surface area contributed by atoms with E-state index < -0.39 is 0 Å². The smallest absolute Gasteiger partial charge is 0.120 e. The molecule has 1 heterocycles. The van der Waals surface area contributed by atoms with Crippen LogP contribution in [0.1, 0.15) is 12.6 Å². The summed E-state index contributed by atoms with van der Waals surface area (Å²) in [7, 11) is 1.67. The summed E-state index contributed by atoms with van der Waals surface area (Å²) in [5.41, 5.74) is 3.88. The number of benzene rings is 2. The fraction of sp³-hybridized carbons (Fsp3) is 0.211. The third kappa shape index (κ3) is 3.89. The molecule has 0 aliphatic rings. The van der Waals surface area contributed by atoms with Crippen molar-refractivity contribution in [2.24, 2.45) is 0 Å². The van der Waals surface area contributed by atoms with Gasteiger partial charge in [0.15, 0.2) is 0 Å². The van der Waals surface area contributed by atoms with E-state index >= 15 is 0 Å². The van der Waals surface area contributed by atoms with Crippen LogP contribution in [0.4, 0.5) is 11.4 Å². The molecule has 0 atom stereocenters. The Balaban J connectivity index is 0.00000208. The molecule has 126 valence electrons. The Bertz CT molecular complexity index is 837. The van der Waals surface area contributed by atoms with Crippen molar-refractivity contribution < 1.29 is 21.9 Å². The minimum absolute atomic E-state index is 0. The normalized spacial score (nSPS) is 10.1. The highest BCUT2D eigenvalue weighted by atomic mass is 35.5. The number of nitrogens with one attached hydrogen (secondary N) is 1. The maximum absolute atomic E-state index is 5.61. The van der Waals surface area contributed by atoms with Gasteiger partial charge in [0.1, 0.15) is 11.5 Å². The van der Waals surface area contributed by atoms with Crippen molar-refractivity contribution in [3.05, 3.63) is 54.2 Å². The summed E-state index contributed by atoms with van der Waals surface area (Å²) in [6, 6.07) is 15.9. The molecule has 0 aliphatic heterocycles. The van der Waals surface area contributed by atoms with Gasteiger partial charge in [0.25, 0.3) is 0 Å². The van der Waals surface area contributed by atoms with Crippen LogP contribution >= 0.6 is 0 Å². The Morgan fingerprint density at radius 3 is 2.62 bits per heavy atom. The highest BCUT2D eigenvalue weighted by molar-refractivity contribution is 5.94. The van der Waals surface area contributed by atoms with Crippen LogP contribution in [-0.2, 0) is 0 Å². The molecule has 0 fully saturated rings. The number of halogens is 1. The van der Waals surface area contributed by atoms with E-state index in [-0.39, 0.29) is 12.4 Å². The van der Waals surface area contributed by atoms with E-state index in [9.17, 15) is 0 Å². The summed E-state index contributed by atoms with van der Waals surface area (Å²) in [6.45, 7) is 4.61. The third-order valence-electron chi connectivity index (χ3n) is 3.57. The third-order valence-corrected chi connectivity index (χ3v) is 3.57. The maximum Gasteiger partial charge on any atom is 0.120 e. The predicted octanol–water partition coefficient (Wildman–Crippen LogP) is 1.70. The monoisotopic (exact) mass is 343 g/mol. The van der Waals surface area contributed by atoms with Gasteiger partial charge in [-0.3, -0.25) is 4.98 Å². The largest absolute Gasteiger partial charge is 1.00 e. The number of aromatic nitrogens is 1. The summed E-state index contributed by atoms with van der Waals surface area (Å²) in [4.78, 5) is 4.59. The first kappa shape index (κ1) is 17.9. The molecule has 0 unspecified atom stereocenters. The summed E-state index contributed by atoms with van der Waals surface area (Å²) in [5.74, 6) is 1.67. The lowest BCUT2D eigenvalue weighted by Crippen LogP contribution is -3.00. The lowest BCUT2D eigenvalue weighted by molar-refractivity contribution is -0.00000567. The molecule has 0 saturated heterocycles. The van der Waals surface area contributed by atoms with Crippen LogP contribution in [0.2, 0.25) is 0 Å². The Labute approximate surface area is 148 Å². The molecule has 5 heteroatoms. The number of methoxy groups -OCH3 is 1. The molecule has 0 amide bonds. The van der Waals surface area contributed by atoms with Crippen LogP contribution in [0.15, 0.2) is 48.5 Å². The zero-order chi connectivity index (χ0) is 16.2. The second-order valence-corrected chi connectivity index (χ2v) is 5.28. The summed E-state index contributed by atoms with van der Waals surface area (Å²) < 4.78 is 10.9. The Morgan fingerprint density at radius 1 is 1.04 bits per heavy atom. The van der Waals surface area contributed by atoms with Crippen LogP contribution in [0.3, 0.4) is 0 Å². The van der Waals surface area contributed by atoms with Crippen molar-refractivity contribution in [2.45, 2.75) is 13.8 Å². The molecule has 2 aromatic carbocycles. The first-order valence-electron chi connectivity index (χ1n) is 7.65. The van der Waals surface area contributed by atoms with Gasteiger partial charge in [-0.15, -0.1) is 0 Å². The molecule has 3 aromatic rings. The first-order chi connectivity index (χ1) is 11.2. The Hall–Kier alpha value is -2.46. The molecule has 4 nitrogen and oxygen atoms in total. The van der Waals surface area contributed by atoms with Gasteiger partial charge < -0.3 is 27.2 Å². The standard InChI is InChI=1S/C19H20N2O2.ClH/c1-4-23-16-8-9-18-17(12-16)19(10-13(2)20-18)21-14-6-5-7-15(11-14)22-3;/h5-12H,4H2,1-3H3,(H,20,21);1H/p-1. The molecule has 0 bridgehead atoms. The molecule has 0 saturated carbocycles. The number of anilines is 2. The van der Waals surface area contributed by atoms with Crippen LogP contribution in [-0.4, -0.2) is 18.7 Å². The van der Waals surface area contributed by atoms with E-state index in [0.29, 0.717) is 6.61 Å². The molecular weight excluding hydrogens is 324 g/mol. The van der Waals surface area contributed by atoms with Crippen molar-refractivity contribution in [1.29, 1.82) is 0 Å². The number of nitrogens with zero attached hydrogens (tertiary/aromatic N) is 1. The van der Waals surface area contributed by atoms with Gasteiger partial charge in [0, 0.05) is 28.5 Å². The molecular formula is C19H20ClN2O2-. The molecule has 24 heavy (non-hydrogen) atoms. The lowest BCUT2D eigenvalue weighted by Gasteiger charge is -2.13. The number of rotatable bonds is 5. The van der Waals surface area contributed by atoms with Crippen molar-refractivity contribution in [1.82, 2.24) is 4.98 Å². The van der Waals surface area contributed by atoms with Crippen molar-refractivity contribution in [3.8, 4) is 11.5 Å². The maximum atomic E-state index is 5.61. The van der Waals surface area contributed by atoms with Gasteiger partial charge in [0.2, 0.25) is 0 Å². The van der Waals surface area contributed by atoms with Crippen molar-refractivity contribution in [3.63, 3.8) is 0 Å². The van der Waals surface area contributed by atoms with E-state index in [4.69, 9.17) is 9.47 Å². The molecule has 1 aromatic heterocycles. The van der Waals surface area contributed by atoms with Gasteiger partial charge in [-0.05, 0) is 50.2 Å². The number of pyridine rings is 1. The molecule has 0 radical (unpaired) electrons. The second kappa shape index (κ2) is 7.88. The summed E-state index contributed by atoms with van der Waals surface area (Å²) in [5, 5.41) is 4.49. The van der Waals surface area contributed by atoms with Gasteiger partial charge in [-0.2, -0.15) is 0 Å². The number of hydrogen-bond acceptors (Lipinski definition) is 4. The van der Waals surface area contributed by atoms with E-state index in [1.54, 1.807) is 7.11 Å². The predicted molar refractivity (Wildman–Crippen MR) is 93.9 cm³/mol. The van der Waals surface area contributed by atoms with Gasteiger partial charge in [-0.1, -0.05) is 6.07 Å². The highest BCUT2D eigenvalue weighted by Gasteiger charge is 2.07. The van der Waals surface area contributed by atoms with E-state index in [2.05, 4.69) is 10.3 Å². The minimum Gasteiger partial charge on any atom is -1.00 e. The summed E-state index contributed by atoms with van der Waals surface area (Å²) in [6.07, 6.45) is 0. The Morgan fingerprint density at radius 2 is 1.88 bits per heavy atom. The van der Waals surface area contributed by atoms with Crippen LogP contribution in [0, 0.1) is 6.92 Å². The zero-order valence-corrected chi connectivity index (χ0v) is 14.7. The average Bonchev–Trinajstić information content (AvgIpc) is 2.56. The van der Waals surface area contributed by atoms with Crippen molar-refractivity contribution in [2.75, 3.05) is 19.0 Å². The summed E-state index contributed by atoms with van der Waals surface area (Å²) >= 11 is 0. The molecule has 0 aliphatic carbocycles. The van der Waals surface area contributed by atoms with Crippen LogP contribution < -0.4 is 27.2 Å². The van der Waals surface area contributed by atoms with Crippen LogP contribution in [0.25, 0.3) is 10.9 Å².